The number of carboxylic acid groups (broad SMARTS) is 1. The molecular weight excluding hydrogens is 344 g/mol. The van der Waals surface area contributed by atoms with E-state index in [1.165, 1.54) is 25.7 Å². The van der Waals surface area contributed by atoms with Crippen LogP contribution in [0.2, 0.25) is 0 Å². The van der Waals surface area contributed by atoms with Crippen LogP contribution in [0.4, 0.5) is 0 Å². The van der Waals surface area contributed by atoms with Gasteiger partial charge in [-0.1, -0.05) is 52.8 Å². The fourth-order valence-corrected chi connectivity index (χ4v) is 2.65. The average Bonchev–Trinajstić information content (AvgIpc) is 2.91. The minimum atomic E-state index is -0.804. The number of halogens is 1. The average molecular weight is 369 g/mol. The van der Waals surface area contributed by atoms with Crippen LogP contribution in [0.1, 0.15) is 57.8 Å². The molecule has 0 bridgehead atoms. The number of aliphatic carboxylic acids is 1. The number of ether oxygens (including phenoxy) is 1. The Morgan fingerprint density at radius 1 is 1.18 bits per heavy atom. The molecule has 0 unspecified atom stereocenters. The summed E-state index contributed by atoms with van der Waals surface area (Å²) >= 11 is 3.27. The van der Waals surface area contributed by atoms with Gasteiger partial charge in [-0.3, -0.25) is 4.79 Å². The molecule has 1 heterocycles. The summed E-state index contributed by atoms with van der Waals surface area (Å²) in [7, 11) is 0. The highest BCUT2D eigenvalue weighted by molar-refractivity contribution is 9.11. The predicted molar refractivity (Wildman–Crippen MR) is 92.8 cm³/mol. The highest BCUT2D eigenvalue weighted by Crippen LogP contribution is 2.21. The van der Waals surface area contributed by atoms with Gasteiger partial charge in [0, 0.05) is 0 Å². The van der Waals surface area contributed by atoms with Crippen LogP contribution in [0.3, 0.4) is 0 Å². The Labute approximate surface area is 141 Å². The first-order chi connectivity index (χ1) is 10.7. The monoisotopic (exact) mass is 368 g/mol. The van der Waals surface area contributed by atoms with Gasteiger partial charge in [0.2, 0.25) is 0 Å². The van der Waals surface area contributed by atoms with Gasteiger partial charge in [0.05, 0.1) is 12.5 Å². The predicted octanol–water partition coefficient (Wildman–Crippen LogP) is 4.82. The van der Waals surface area contributed by atoms with Crippen LogP contribution in [0.5, 0.6) is 0 Å². The maximum Gasteiger partial charge on any atom is 0.305 e. The zero-order valence-electron chi connectivity index (χ0n) is 13.0. The van der Waals surface area contributed by atoms with Crippen molar-refractivity contribution in [1.29, 1.82) is 0 Å². The molecule has 1 N–H and O–H groups in total. The van der Waals surface area contributed by atoms with E-state index < -0.39 is 5.97 Å². The van der Waals surface area contributed by atoms with Crippen molar-refractivity contribution in [1.82, 2.24) is 0 Å². The lowest BCUT2D eigenvalue weighted by molar-refractivity contribution is -0.139. The van der Waals surface area contributed by atoms with Crippen LogP contribution in [-0.4, -0.2) is 23.3 Å². The molecule has 0 aliphatic carbocycles. The van der Waals surface area contributed by atoms with Gasteiger partial charge < -0.3 is 9.84 Å². The van der Waals surface area contributed by atoms with E-state index in [1.807, 2.05) is 11.1 Å². The lowest BCUT2D eigenvalue weighted by Crippen LogP contribution is -2.13. The van der Waals surface area contributed by atoms with Crippen molar-refractivity contribution < 1.29 is 14.6 Å². The summed E-state index contributed by atoms with van der Waals surface area (Å²) in [6, 6.07) is 0. The molecule has 1 aliphatic heterocycles. The van der Waals surface area contributed by atoms with Crippen LogP contribution in [-0.2, 0) is 9.53 Å². The molecule has 3 nitrogen and oxygen atoms in total. The Morgan fingerprint density at radius 2 is 1.91 bits per heavy atom. The molecule has 0 aromatic rings. The highest BCUT2D eigenvalue weighted by Gasteiger charge is 2.25. The number of allylic oxidation sites excluding steroid dienone is 3. The number of carboxylic acids is 1. The molecule has 1 rings (SSSR count). The van der Waals surface area contributed by atoms with Crippen LogP contribution in [0.15, 0.2) is 23.2 Å². The molecule has 0 spiro atoms. The van der Waals surface area contributed by atoms with E-state index in [9.17, 15) is 4.79 Å². The van der Waals surface area contributed by atoms with Crippen molar-refractivity contribution in [3.8, 4) is 11.8 Å². The molecule has 0 aromatic heterocycles. The summed E-state index contributed by atoms with van der Waals surface area (Å²) in [6.45, 7) is 0. The van der Waals surface area contributed by atoms with Gasteiger partial charge in [0.25, 0.3) is 0 Å². The first kappa shape index (κ1) is 19.0. The van der Waals surface area contributed by atoms with E-state index in [2.05, 4.69) is 39.9 Å². The van der Waals surface area contributed by atoms with E-state index in [0.717, 1.165) is 25.7 Å². The maximum atomic E-state index is 10.6. The van der Waals surface area contributed by atoms with Gasteiger partial charge in [-0.25, -0.2) is 0 Å². The number of hydrogen-bond donors (Lipinski definition) is 1. The third-order valence-corrected chi connectivity index (χ3v) is 3.91. The van der Waals surface area contributed by atoms with E-state index in [1.54, 1.807) is 0 Å². The highest BCUT2D eigenvalue weighted by atomic mass is 79.9. The van der Waals surface area contributed by atoms with Gasteiger partial charge in [-0.15, -0.1) is 0 Å². The van der Waals surface area contributed by atoms with Crippen molar-refractivity contribution in [2.75, 3.05) is 0 Å². The number of carbonyl (C=O) groups is 1. The lowest BCUT2D eigenvalue weighted by Gasteiger charge is -2.06. The summed E-state index contributed by atoms with van der Waals surface area (Å²) < 4.78 is 5.57. The van der Waals surface area contributed by atoms with Crippen molar-refractivity contribution in [2.45, 2.75) is 70.0 Å². The first-order valence-electron chi connectivity index (χ1n) is 8.01. The topological polar surface area (TPSA) is 46.5 Å². The largest absolute Gasteiger partial charge is 0.481 e. The zero-order chi connectivity index (χ0) is 16.0. The SMILES string of the molecule is O=C(O)C[C@@H]1CC[C@@H](C#C/C=C/CCCCCC/C=C/Br)O1. The molecule has 1 aliphatic rings. The molecular formula is C18H25BrO3. The Hall–Kier alpha value is -1.05. The zero-order valence-corrected chi connectivity index (χ0v) is 14.6. The molecule has 4 heteroatoms. The Morgan fingerprint density at radius 3 is 2.59 bits per heavy atom. The summed E-state index contributed by atoms with van der Waals surface area (Å²) in [5, 5.41) is 8.70. The fraction of sp³-hybridized carbons (Fsp3) is 0.611. The number of hydrogen-bond acceptors (Lipinski definition) is 2. The lowest BCUT2D eigenvalue weighted by atomic mass is 10.1. The minimum absolute atomic E-state index is 0.0828. The molecule has 0 saturated carbocycles. The van der Waals surface area contributed by atoms with Gasteiger partial charge in [-0.2, -0.15) is 0 Å². The second-order valence-corrected chi connectivity index (χ2v) is 5.99. The second-order valence-electron chi connectivity index (χ2n) is 5.47. The molecule has 0 aromatic carbocycles. The van der Waals surface area contributed by atoms with Gasteiger partial charge in [0.1, 0.15) is 6.10 Å². The summed E-state index contributed by atoms with van der Waals surface area (Å²) in [5.41, 5.74) is 0. The third kappa shape index (κ3) is 9.81. The van der Waals surface area contributed by atoms with Crippen molar-refractivity contribution in [2.24, 2.45) is 0 Å². The van der Waals surface area contributed by atoms with E-state index in [-0.39, 0.29) is 18.6 Å². The van der Waals surface area contributed by atoms with Crippen LogP contribution < -0.4 is 0 Å². The molecule has 0 radical (unpaired) electrons. The molecule has 22 heavy (non-hydrogen) atoms. The van der Waals surface area contributed by atoms with Crippen LogP contribution in [0.25, 0.3) is 0 Å². The maximum absolute atomic E-state index is 10.6. The Balaban J connectivity index is 2.03. The number of rotatable bonds is 9. The molecule has 122 valence electrons. The first-order valence-corrected chi connectivity index (χ1v) is 8.92. The van der Waals surface area contributed by atoms with Crippen molar-refractivity contribution in [3.63, 3.8) is 0 Å². The van der Waals surface area contributed by atoms with Crippen LogP contribution >= 0.6 is 15.9 Å². The van der Waals surface area contributed by atoms with Gasteiger partial charge >= 0.3 is 5.97 Å². The number of unbranched alkanes of at least 4 members (excludes halogenated alkanes) is 5. The third-order valence-electron chi connectivity index (χ3n) is 3.54. The van der Waals surface area contributed by atoms with Crippen molar-refractivity contribution >= 4 is 21.9 Å². The van der Waals surface area contributed by atoms with Crippen LogP contribution in [0, 0.1) is 11.8 Å². The normalized spacial score (nSPS) is 21.3. The van der Waals surface area contributed by atoms with E-state index in [0.29, 0.717) is 0 Å². The molecule has 1 saturated heterocycles. The second kappa shape index (κ2) is 12.5. The van der Waals surface area contributed by atoms with E-state index in [4.69, 9.17) is 9.84 Å². The molecule has 2 atom stereocenters. The molecule has 1 fully saturated rings. The quantitative estimate of drug-likeness (QED) is 0.468. The summed E-state index contributed by atoms with van der Waals surface area (Å²) in [4.78, 5) is 12.5. The smallest absolute Gasteiger partial charge is 0.305 e. The van der Waals surface area contributed by atoms with E-state index >= 15 is 0 Å². The summed E-state index contributed by atoms with van der Waals surface area (Å²) in [5.74, 6) is 5.24. The van der Waals surface area contributed by atoms with Gasteiger partial charge in [0.15, 0.2) is 0 Å². The standard InChI is InChI=1S/C18H25BrO3/c19-14-10-8-6-4-2-1-3-5-7-9-11-16-12-13-17(22-16)15-18(20)21/h5,7,10,14,16-17H,1-4,6,8,12-13,15H2,(H,20,21)/b7-5+,14-10+/t16-,17+/m1/s1. The summed E-state index contributed by atoms with van der Waals surface area (Å²) in [6.07, 6.45) is 14.8. The Kier molecular flexibility index (Phi) is 10.8. The Bertz CT molecular complexity index is 431. The fourth-order valence-electron chi connectivity index (χ4n) is 2.38. The minimum Gasteiger partial charge on any atom is -0.481 e. The molecule has 0 amide bonds. The van der Waals surface area contributed by atoms with Gasteiger partial charge in [-0.05, 0) is 49.6 Å². The van der Waals surface area contributed by atoms with Crippen molar-refractivity contribution in [3.05, 3.63) is 23.2 Å².